The third-order valence-corrected chi connectivity index (χ3v) is 3.15. The van der Waals surface area contributed by atoms with Crippen LogP contribution in [0.4, 0.5) is 0 Å². The Kier molecular flexibility index (Phi) is 4.48. The van der Waals surface area contributed by atoms with Crippen molar-refractivity contribution in [2.45, 2.75) is 20.0 Å². The second kappa shape index (κ2) is 6.30. The fourth-order valence-corrected chi connectivity index (χ4v) is 2.03. The van der Waals surface area contributed by atoms with Crippen LogP contribution in [-0.4, -0.2) is 17.5 Å². The van der Waals surface area contributed by atoms with E-state index in [0.717, 1.165) is 16.7 Å². The molecule has 1 amide bonds. The first-order valence-corrected chi connectivity index (χ1v) is 6.58. The van der Waals surface area contributed by atoms with E-state index in [1.54, 1.807) is 12.3 Å². The highest BCUT2D eigenvalue weighted by Gasteiger charge is 2.07. The molecule has 0 aliphatic heterocycles. The van der Waals surface area contributed by atoms with E-state index < -0.39 is 5.91 Å². The van der Waals surface area contributed by atoms with Crippen LogP contribution in [0.2, 0.25) is 0 Å². The van der Waals surface area contributed by atoms with Gasteiger partial charge >= 0.3 is 0 Å². The van der Waals surface area contributed by atoms with Gasteiger partial charge in [0, 0.05) is 24.6 Å². The van der Waals surface area contributed by atoms with Gasteiger partial charge in [-0.2, -0.15) is 0 Å². The van der Waals surface area contributed by atoms with Crippen LogP contribution in [0.5, 0.6) is 0 Å². The van der Waals surface area contributed by atoms with Gasteiger partial charge in [0.2, 0.25) is 5.91 Å². The number of aromatic nitrogens is 1. The van der Waals surface area contributed by atoms with E-state index in [1.807, 2.05) is 38.1 Å². The molecule has 0 spiro atoms. The van der Waals surface area contributed by atoms with Crippen molar-refractivity contribution in [1.82, 2.24) is 4.98 Å². The van der Waals surface area contributed by atoms with Gasteiger partial charge in [0.25, 0.3) is 0 Å². The predicted molar refractivity (Wildman–Crippen MR) is 78.2 cm³/mol. The van der Waals surface area contributed by atoms with Crippen molar-refractivity contribution in [2.75, 3.05) is 6.61 Å². The number of rotatable bonds is 5. The zero-order valence-corrected chi connectivity index (χ0v) is 11.7. The zero-order chi connectivity index (χ0) is 14.5. The van der Waals surface area contributed by atoms with E-state index >= 15 is 0 Å². The first-order valence-electron chi connectivity index (χ1n) is 6.58. The molecule has 0 fully saturated rings. The molecule has 2 N–H and O–H groups in total. The molecule has 0 radical (unpaired) electrons. The van der Waals surface area contributed by atoms with Gasteiger partial charge in [-0.15, -0.1) is 0 Å². The molecule has 4 heteroatoms. The van der Waals surface area contributed by atoms with Gasteiger partial charge in [0.05, 0.1) is 11.7 Å². The lowest BCUT2D eigenvalue weighted by molar-refractivity contribution is 0.0764. The topological polar surface area (TPSA) is 65.2 Å². The zero-order valence-electron chi connectivity index (χ0n) is 11.7. The molecule has 0 saturated heterocycles. The van der Waals surface area contributed by atoms with Gasteiger partial charge in [-0.25, -0.2) is 0 Å². The maximum absolute atomic E-state index is 11.2. The number of nitrogens with two attached hydrogens (primary N) is 1. The third kappa shape index (κ3) is 3.22. The number of primary amides is 1. The summed E-state index contributed by atoms with van der Waals surface area (Å²) in [5.74, 6) is -0.471. The SMILES string of the molecule is CCOC(C)c1ccc(-c2cncc(C(N)=O)c2)cc1. The number of carbonyl (C=O) groups is 1. The Morgan fingerprint density at radius 1 is 1.25 bits per heavy atom. The predicted octanol–water partition coefficient (Wildman–Crippen LogP) is 2.95. The van der Waals surface area contributed by atoms with Gasteiger partial charge < -0.3 is 10.5 Å². The van der Waals surface area contributed by atoms with Gasteiger partial charge in [-0.3, -0.25) is 9.78 Å². The molecule has 20 heavy (non-hydrogen) atoms. The highest BCUT2D eigenvalue weighted by atomic mass is 16.5. The Morgan fingerprint density at radius 3 is 2.55 bits per heavy atom. The minimum Gasteiger partial charge on any atom is -0.374 e. The summed E-state index contributed by atoms with van der Waals surface area (Å²) in [5, 5.41) is 0. The van der Waals surface area contributed by atoms with Crippen molar-refractivity contribution < 1.29 is 9.53 Å². The monoisotopic (exact) mass is 270 g/mol. The number of hydrogen-bond donors (Lipinski definition) is 1. The second-order valence-corrected chi connectivity index (χ2v) is 4.55. The highest BCUT2D eigenvalue weighted by molar-refractivity contribution is 5.93. The van der Waals surface area contributed by atoms with Gasteiger partial charge in [-0.05, 0) is 31.0 Å². The minimum atomic E-state index is -0.471. The van der Waals surface area contributed by atoms with E-state index in [1.165, 1.54) is 6.20 Å². The highest BCUT2D eigenvalue weighted by Crippen LogP contribution is 2.23. The van der Waals surface area contributed by atoms with Crippen molar-refractivity contribution in [3.63, 3.8) is 0 Å². The summed E-state index contributed by atoms with van der Waals surface area (Å²) in [6, 6.07) is 9.77. The lowest BCUT2D eigenvalue weighted by Gasteiger charge is -2.12. The van der Waals surface area contributed by atoms with Crippen LogP contribution >= 0.6 is 0 Å². The summed E-state index contributed by atoms with van der Waals surface area (Å²) < 4.78 is 5.55. The Bertz CT molecular complexity index is 594. The largest absolute Gasteiger partial charge is 0.374 e. The number of nitrogens with zero attached hydrogens (tertiary/aromatic N) is 1. The standard InChI is InChI=1S/C16H18N2O2/c1-3-20-11(2)12-4-6-13(7-5-12)14-8-15(16(17)19)10-18-9-14/h4-11H,3H2,1-2H3,(H2,17,19). The molecule has 1 atom stereocenters. The molecular weight excluding hydrogens is 252 g/mol. The number of pyridine rings is 1. The van der Waals surface area contributed by atoms with Crippen molar-refractivity contribution in [2.24, 2.45) is 5.73 Å². The summed E-state index contributed by atoms with van der Waals surface area (Å²) in [5.41, 5.74) is 8.66. The molecular formula is C16H18N2O2. The number of amides is 1. The maximum atomic E-state index is 11.2. The van der Waals surface area contributed by atoms with Gasteiger partial charge in [0.15, 0.2) is 0 Å². The Hall–Kier alpha value is -2.20. The third-order valence-electron chi connectivity index (χ3n) is 3.15. The van der Waals surface area contributed by atoms with Crippen molar-refractivity contribution >= 4 is 5.91 Å². The van der Waals surface area contributed by atoms with Crippen LogP contribution in [0.3, 0.4) is 0 Å². The number of hydrogen-bond acceptors (Lipinski definition) is 3. The first-order chi connectivity index (χ1) is 9.61. The van der Waals surface area contributed by atoms with Crippen molar-refractivity contribution in [1.29, 1.82) is 0 Å². The summed E-state index contributed by atoms with van der Waals surface area (Å²) in [6.07, 6.45) is 3.26. The van der Waals surface area contributed by atoms with Gasteiger partial charge in [0.1, 0.15) is 0 Å². The average molecular weight is 270 g/mol. The van der Waals surface area contributed by atoms with Crippen molar-refractivity contribution in [3.8, 4) is 11.1 Å². The smallest absolute Gasteiger partial charge is 0.250 e. The van der Waals surface area contributed by atoms with Crippen LogP contribution in [0, 0.1) is 0 Å². The van der Waals surface area contributed by atoms with Crippen LogP contribution in [0.1, 0.15) is 35.9 Å². The van der Waals surface area contributed by atoms with E-state index in [0.29, 0.717) is 12.2 Å². The lowest BCUT2D eigenvalue weighted by Crippen LogP contribution is -2.11. The quantitative estimate of drug-likeness (QED) is 0.908. The molecule has 0 saturated carbocycles. The molecule has 0 bridgehead atoms. The van der Waals surface area contributed by atoms with E-state index in [-0.39, 0.29) is 6.10 Å². The lowest BCUT2D eigenvalue weighted by atomic mass is 10.0. The fraction of sp³-hybridized carbons (Fsp3) is 0.250. The summed E-state index contributed by atoms with van der Waals surface area (Å²) >= 11 is 0. The molecule has 0 aliphatic carbocycles. The number of ether oxygens (including phenoxy) is 1. The number of benzene rings is 1. The van der Waals surface area contributed by atoms with Crippen molar-refractivity contribution in [3.05, 3.63) is 53.9 Å². The molecule has 1 aromatic heterocycles. The van der Waals surface area contributed by atoms with Gasteiger partial charge in [-0.1, -0.05) is 24.3 Å². The Morgan fingerprint density at radius 2 is 1.95 bits per heavy atom. The van der Waals surface area contributed by atoms with E-state index in [4.69, 9.17) is 10.5 Å². The van der Waals surface area contributed by atoms with Crippen LogP contribution in [0.25, 0.3) is 11.1 Å². The molecule has 2 rings (SSSR count). The molecule has 1 aromatic carbocycles. The van der Waals surface area contributed by atoms with E-state index in [2.05, 4.69) is 4.98 Å². The first kappa shape index (κ1) is 14.2. The summed E-state index contributed by atoms with van der Waals surface area (Å²) in [6.45, 7) is 4.69. The molecule has 1 unspecified atom stereocenters. The summed E-state index contributed by atoms with van der Waals surface area (Å²) in [7, 11) is 0. The Labute approximate surface area is 118 Å². The van der Waals surface area contributed by atoms with Crippen LogP contribution in [-0.2, 0) is 4.74 Å². The second-order valence-electron chi connectivity index (χ2n) is 4.55. The molecule has 0 aliphatic rings. The molecule has 4 nitrogen and oxygen atoms in total. The van der Waals surface area contributed by atoms with E-state index in [9.17, 15) is 4.79 Å². The average Bonchev–Trinajstić information content (AvgIpc) is 2.48. The summed E-state index contributed by atoms with van der Waals surface area (Å²) in [4.78, 5) is 15.2. The minimum absolute atomic E-state index is 0.0733. The Balaban J connectivity index is 2.26. The number of carbonyl (C=O) groups excluding carboxylic acids is 1. The molecule has 104 valence electrons. The normalized spacial score (nSPS) is 12.1. The van der Waals surface area contributed by atoms with Crippen LogP contribution in [0.15, 0.2) is 42.7 Å². The fourth-order valence-electron chi connectivity index (χ4n) is 2.03. The maximum Gasteiger partial charge on any atom is 0.250 e. The molecule has 1 heterocycles. The molecule has 2 aromatic rings. The van der Waals surface area contributed by atoms with Crippen LogP contribution < -0.4 is 5.73 Å².